The largest absolute Gasteiger partial charge is 0.376 e. The molecule has 0 aromatic heterocycles. The third-order valence-corrected chi connectivity index (χ3v) is 4.46. The summed E-state index contributed by atoms with van der Waals surface area (Å²) in [5.41, 5.74) is 3.07. The molecule has 0 unspecified atom stereocenters. The van der Waals surface area contributed by atoms with E-state index in [4.69, 9.17) is 11.6 Å². The van der Waals surface area contributed by atoms with Gasteiger partial charge >= 0.3 is 0 Å². The van der Waals surface area contributed by atoms with E-state index in [2.05, 4.69) is 16.0 Å². The van der Waals surface area contributed by atoms with E-state index >= 15 is 0 Å². The topological polar surface area (TPSA) is 70.2 Å². The Morgan fingerprint density at radius 2 is 1.68 bits per heavy atom. The van der Waals surface area contributed by atoms with E-state index in [1.807, 2.05) is 31.2 Å². The predicted molar refractivity (Wildman–Crippen MR) is 101 cm³/mol. The third-order valence-electron chi connectivity index (χ3n) is 4.13. The number of anilines is 3. The summed E-state index contributed by atoms with van der Waals surface area (Å²) >= 11 is 6.04. The van der Waals surface area contributed by atoms with Crippen LogP contribution in [0, 0.1) is 12.8 Å². The van der Waals surface area contributed by atoms with Gasteiger partial charge in [0.15, 0.2) is 0 Å². The molecule has 0 spiro atoms. The smallest absolute Gasteiger partial charge is 0.243 e. The summed E-state index contributed by atoms with van der Waals surface area (Å²) < 4.78 is 0. The SMILES string of the molecule is Cc1c(NCC(=O)Nc2ccccc2Cl)cccc1NC(=O)C1CC1. The van der Waals surface area contributed by atoms with Crippen LogP contribution in [0.1, 0.15) is 18.4 Å². The lowest BCUT2D eigenvalue weighted by molar-refractivity contribution is -0.117. The molecule has 1 saturated carbocycles. The zero-order valence-corrected chi connectivity index (χ0v) is 14.7. The summed E-state index contributed by atoms with van der Waals surface area (Å²) in [7, 11) is 0. The van der Waals surface area contributed by atoms with Crippen LogP contribution >= 0.6 is 11.6 Å². The summed E-state index contributed by atoms with van der Waals surface area (Å²) in [4.78, 5) is 24.0. The number of hydrogen-bond acceptors (Lipinski definition) is 3. The number of rotatable bonds is 6. The summed E-state index contributed by atoms with van der Waals surface area (Å²) in [6.45, 7) is 2.02. The highest BCUT2D eigenvalue weighted by Gasteiger charge is 2.29. The molecular formula is C19H20ClN3O2. The van der Waals surface area contributed by atoms with Crippen molar-refractivity contribution in [2.75, 3.05) is 22.5 Å². The maximum absolute atomic E-state index is 12.1. The maximum Gasteiger partial charge on any atom is 0.243 e. The van der Waals surface area contributed by atoms with Crippen molar-refractivity contribution in [3.05, 3.63) is 53.1 Å². The van der Waals surface area contributed by atoms with Crippen LogP contribution in [0.3, 0.4) is 0 Å². The van der Waals surface area contributed by atoms with Crippen LogP contribution in [0.4, 0.5) is 17.1 Å². The summed E-state index contributed by atoms with van der Waals surface area (Å²) in [5, 5.41) is 9.32. The molecule has 0 bridgehead atoms. The zero-order chi connectivity index (χ0) is 17.8. The minimum Gasteiger partial charge on any atom is -0.376 e. The quantitative estimate of drug-likeness (QED) is 0.730. The number of amides is 2. The van der Waals surface area contributed by atoms with Gasteiger partial charge in [0.25, 0.3) is 0 Å². The van der Waals surface area contributed by atoms with Gasteiger partial charge in [-0.25, -0.2) is 0 Å². The number of para-hydroxylation sites is 1. The van der Waals surface area contributed by atoms with Crippen molar-refractivity contribution in [2.45, 2.75) is 19.8 Å². The molecule has 6 heteroatoms. The Morgan fingerprint density at radius 1 is 1.00 bits per heavy atom. The van der Waals surface area contributed by atoms with Gasteiger partial charge in [-0.15, -0.1) is 0 Å². The zero-order valence-electron chi connectivity index (χ0n) is 13.9. The Labute approximate surface area is 151 Å². The normalized spacial score (nSPS) is 13.2. The Hall–Kier alpha value is -2.53. The van der Waals surface area contributed by atoms with E-state index in [9.17, 15) is 9.59 Å². The fourth-order valence-corrected chi connectivity index (χ4v) is 2.66. The van der Waals surface area contributed by atoms with E-state index in [1.165, 1.54) is 0 Å². The van der Waals surface area contributed by atoms with E-state index in [0.717, 1.165) is 29.8 Å². The summed E-state index contributed by atoms with van der Waals surface area (Å²) in [6.07, 6.45) is 1.93. The molecule has 3 rings (SSSR count). The first-order chi connectivity index (χ1) is 12.0. The molecule has 1 aliphatic carbocycles. The van der Waals surface area contributed by atoms with Gasteiger partial charge in [-0.05, 0) is 49.6 Å². The Kier molecular flexibility index (Phi) is 5.24. The monoisotopic (exact) mass is 357 g/mol. The average molecular weight is 358 g/mol. The molecule has 0 atom stereocenters. The maximum atomic E-state index is 12.1. The van der Waals surface area contributed by atoms with Crippen molar-refractivity contribution in [1.82, 2.24) is 0 Å². The van der Waals surface area contributed by atoms with Crippen LogP contribution in [-0.2, 0) is 9.59 Å². The second-order valence-corrected chi connectivity index (χ2v) is 6.53. The van der Waals surface area contributed by atoms with Crippen molar-refractivity contribution in [1.29, 1.82) is 0 Å². The molecule has 3 N–H and O–H groups in total. The average Bonchev–Trinajstić information content (AvgIpc) is 3.43. The van der Waals surface area contributed by atoms with Crippen LogP contribution < -0.4 is 16.0 Å². The molecule has 5 nitrogen and oxygen atoms in total. The number of benzene rings is 2. The first-order valence-electron chi connectivity index (χ1n) is 8.23. The van der Waals surface area contributed by atoms with Gasteiger partial charge in [0.1, 0.15) is 0 Å². The van der Waals surface area contributed by atoms with Gasteiger partial charge in [-0.2, -0.15) is 0 Å². The Bertz CT molecular complexity index is 803. The fraction of sp³-hybridized carbons (Fsp3) is 0.263. The van der Waals surface area contributed by atoms with E-state index in [-0.39, 0.29) is 24.3 Å². The van der Waals surface area contributed by atoms with Gasteiger partial charge in [0, 0.05) is 17.3 Å². The first kappa shape index (κ1) is 17.3. The molecule has 2 amide bonds. The minimum atomic E-state index is -0.195. The van der Waals surface area contributed by atoms with Crippen molar-refractivity contribution in [2.24, 2.45) is 5.92 Å². The third kappa shape index (κ3) is 4.51. The van der Waals surface area contributed by atoms with Gasteiger partial charge in [-0.3, -0.25) is 9.59 Å². The van der Waals surface area contributed by atoms with Gasteiger partial charge in [0.2, 0.25) is 11.8 Å². The van der Waals surface area contributed by atoms with Crippen LogP contribution in [0.25, 0.3) is 0 Å². The second-order valence-electron chi connectivity index (χ2n) is 6.12. The Balaban J connectivity index is 1.60. The van der Waals surface area contributed by atoms with Crippen LogP contribution in [0.2, 0.25) is 5.02 Å². The van der Waals surface area contributed by atoms with Crippen molar-refractivity contribution in [3.63, 3.8) is 0 Å². The minimum absolute atomic E-state index is 0.0664. The molecule has 0 saturated heterocycles. The number of carbonyl (C=O) groups is 2. The van der Waals surface area contributed by atoms with E-state index in [0.29, 0.717) is 10.7 Å². The van der Waals surface area contributed by atoms with Gasteiger partial charge < -0.3 is 16.0 Å². The number of nitrogens with one attached hydrogen (secondary N) is 3. The van der Waals surface area contributed by atoms with E-state index < -0.39 is 0 Å². The lowest BCUT2D eigenvalue weighted by atomic mass is 10.1. The van der Waals surface area contributed by atoms with Crippen molar-refractivity contribution in [3.8, 4) is 0 Å². The highest BCUT2D eigenvalue weighted by Crippen LogP contribution is 2.31. The Morgan fingerprint density at radius 3 is 2.40 bits per heavy atom. The molecule has 2 aromatic rings. The molecule has 2 aromatic carbocycles. The number of hydrogen-bond donors (Lipinski definition) is 3. The molecular weight excluding hydrogens is 338 g/mol. The van der Waals surface area contributed by atoms with Gasteiger partial charge in [-0.1, -0.05) is 29.8 Å². The highest BCUT2D eigenvalue weighted by molar-refractivity contribution is 6.33. The van der Waals surface area contributed by atoms with Crippen molar-refractivity contribution < 1.29 is 9.59 Å². The lowest BCUT2D eigenvalue weighted by Crippen LogP contribution is -2.22. The molecule has 0 aliphatic heterocycles. The molecule has 1 aliphatic rings. The second kappa shape index (κ2) is 7.57. The highest BCUT2D eigenvalue weighted by atomic mass is 35.5. The van der Waals surface area contributed by atoms with Crippen molar-refractivity contribution >= 4 is 40.5 Å². The molecule has 0 heterocycles. The van der Waals surface area contributed by atoms with E-state index in [1.54, 1.807) is 18.2 Å². The number of halogens is 1. The van der Waals surface area contributed by atoms with Crippen LogP contribution in [0.15, 0.2) is 42.5 Å². The molecule has 130 valence electrons. The standard InChI is InChI=1S/C19H20ClN3O2/c1-12-15(7-4-8-16(12)23-19(25)13-9-10-13)21-11-18(24)22-17-6-3-2-5-14(17)20/h2-8,13,21H,9-11H2,1H3,(H,22,24)(H,23,25). The lowest BCUT2D eigenvalue weighted by Gasteiger charge is -2.14. The molecule has 0 radical (unpaired) electrons. The molecule has 25 heavy (non-hydrogen) atoms. The summed E-state index contributed by atoms with van der Waals surface area (Å²) in [5.74, 6) is 0.0223. The first-order valence-corrected chi connectivity index (χ1v) is 8.61. The van der Waals surface area contributed by atoms with Gasteiger partial charge in [0.05, 0.1) is 17.3 Å². The van der Waals surface area contributed by atoms with Crippen LogP contribution in [-0.4, -0.2) is 18.4 Å². The predicted octanol–water partition coefficient (Wildman–Crippen LogP) is 4.05. The van der Waals surface area contributed by atoms with Crippen LogP contribution in [0.5, 0.6) is 0 Å². The summed E-state index contributed by atoms with van der Waals surface area (Å²) in [6, 6.07) is 12.7. The molecule has 1 fully saturated rings. The fourth-order valence-electron chi connectivity index (χ4n) is 2.48. The number of carbonyl (C=O) groups excluding carboxylic acids is 2.